The van der Waals surface area contributed by atoms with Gasteiger partial charge in [0.1, 0.15) is 0 Å². The first-order chi connectivity index (χ1) is 29.9. The first-order valence-corrected chi connectivity index (χ1v) is 22.0. The highest BCUT2D eigenvalue weighted by Gasteiger charge is 2.35. The lowest BCUT2D eigenvalue weighted by Gasteiger charge is -2.28. The Labute approximate surface area is 360 Å². The number of hydrogen-bond acceptors (Lipinski definition) is 2. The fourth-order valence-corrected chi connectivity index (χ4v) is 10.8. The van der Waals surface area contributed by atoms with Gasteiger partial charge in [-0.15, -0.1) is 11.3 Å². The van der Waals surface area contributed by atoms with Crippen molar-refractivity contribution in [2.45, 2.75) is 19.3 Å². The van der Waals surface area contributed by atoms with E-state index in [0.29, 0.717) is 0 Å². The van der Waals surface area contributed by atoms with E-state index in [1.165, 1.54) is 97.4 Å². The summed E-state index contributed by atoms with van der Waals surface area (Å²) in [5, 5.41) is 7.63. The average molecular weight is 796 g/mol. The van der Waals surface area contributed by atoms with Crippen LogP contribution in [0.1, 0.15) is 25.0 Å². The van der Waals surface area contributed by atoms with Gasteiger partial charge in [-0.3, -0.25) is 0 Å². The predicted molar refractivity (Wildman–Crippen MR) is 263 cm³/mol. The molecule has 0 saturated heterocycles. The van der Waals surface area contributed by atoms with Crippen LogP contribution >= 0.6 is 11.3 Å². The van der Waals surface area contributed by atoms with Gasteiger partial charge < -0.3 is 4.90 Å². The van der Waals surface area contributed by atoms with Crippen LogP contribution in [0.2, 0.25) is 0 Å². The van der Waals surface area contributed by atoms with Crippen LogP contribution in [0, 0.1) is 0 Å². The highest BCUT2D eigenvalue weighted by atomic mass is 32.1. The minimum absolute atomic E-state index is 0.0913. The fraction of sp³-hybridized carbons (Fsp3) is 0.0508. The molecule has 0 amide bonds. The van der Waals surface area contributed by atoms with Crippen molar-refractivity contribution in [3.8, 4) is 44.5 Å². The zero-order valence-electron chi connectivity index (χ0n) is 34.1. The van der Waals surface area contributed by atoms with E-state index in [-0.39, 0.29) is 5.41 Å². The fourth-order valence-electron chi connectivity index (χ4n) is 9.76. The second-order valence-electron chi connectivity index (χ2n) is 17.0. The van der Waals surface area contributed by atoms with Crippen LogP contribution in [0.25, 0.3) is 86.2 Å². The third kappa shape index (κ3) is 5.98. The predicted octanol–water partition coefficient (Wildman–Crippen LogP) is 17.1. The van der Waals surface area contributed by atoms with Crippen LogP contribution in [0.3, 0.4) is 0 Å². The van der Waals surface area contributed by atoms with E-state index >= 15 is 0 Å². The summed E-state index contributed by atoms with van der Waals surface area (Å²) in [5.74, 6) is 0. The lowest BCUT2D eigenvalue weighted by atomic mass is 9.82. The Morgan fingerprint density at radius 1 is 0.328 bits per heavy atom. The van der Waals surface area contributed by atoms with Gasteiger partial charge in [-0.05, 0) is 144 Å². The summed E-state index contributed by atoms with van der Waals surface area (Å²) >= 11 is 1.86. The Hall–Kier alpha value is -7.26. The molecule has 0 spiro atoms. The van der Waals surface area contributed by atoms with Gasteiger partial charge in [-0.2, -0.15) is 0 Å². The molecule has 288 valence electrons. The summed E-state index contributed by atoms with van der Waals surface area (Å²) in [6.45, 7) is 4.72. The molecule has 61 heavy (non-hydrogen) atoms. The van der Waals surface area contributed by atoms with Crippen molar-refractivity contribution >= 4 is 70.1 Å². The summed E-state index contributed by atoms with van der Waals surface area (Å²) < 4.78 is 2.63. The Morgan fingerprint density at radius 2 is 0.803 bits per heavy atom. The van der Waals surface area contributed by atoms with Crippen molar-refractivity contribution in [3.05, 3.63) is 223 Å². The lowest BCUT2D eigenvalue weighted by Crippen LogP contribution is -2.16. The van der Waals surface area contributed by atoms with Gasteiger partial charge in [0.15, 0.2) is 0 Å². The number of hydrogen-bond donors (Lipinski definition) is 0. The Balaban J connectivity index is 0.867. The second kappa shape index (κ2) is 13.9. The van der Waals surface area contributed by atoms with Crippen LogP contribution in [0.4, 0.5) is 17.1 Å². The number of fused-ring (bicyclic) bond motifs is 8. The molecular weight excluding hydrogens is 755 g/mol. The summed E-state index contributed by atoms with van der Waals surface area (Å²) in [4.78, 5) is 2.43. The van der Waals surface area contributed by atoms with Gasteiger partial charge in [-0.25, -0.2) is 0 Å². The van der Waals surface area contributed by atoms with E-state index in [0.717, 1.165) is 17.1 Å². The van der Waals surface area contributed by atoms with E-state index < -0.39 is 0 Å². The van der Waals surface area contributed by atoms with E-state index in [9.17, 15) is 0 Å². The average Bonchev–Trinajstić information content (AvgIpc) is 3.80. The number of rotatable bonds is 6. The van der Waals surface area contributed by atoms with E-state index in [2.05, 4.69) is 231 Å². The van der Waals surface area contributed by atoms with E-state index in [1.54, 1.807) is 0 Å². The van der Waals surface area contributed by atoms with E-state index in [1.807, 2.05) is 11.3 Å². The summed E-state index contributed by atoms with van der Waals surface area (Å²) in [6.07, 6.45) is 0. The molecular formula is C59H41NS. The minimum atomic E-state index is -0.0913. The summed E-state index contributed by atoms with van der Waals surface area (Å²) in [7, 11) is 0. The van der Waals surface area contributed by atoms with Crippen LogP contribution in [0.15, 0.2) is 212 Å². The maximum Gasteiger partial charge on any atom is 0.0468 e. The molecule has 0 bridgehead atoms. The molecule has 10 aromatic carbocycles. The van der Waals surface area contributed by atoms with Crippen molar-refractivity contribution < 1.29 is 0 Å². The zero-order chi connectivity index (χ0) is 40.7. The molecule has 1 aliphatic carbocycles. The molecule has 11 aromatic rings. The normalized spacial score (nSPS) is 12.9. The minimum Gasteiger partial charge on any atom is -0.310 e. The molecule has 0 aliphatic heterocycles. The quantitative estimate of drug-likeness (QED) is 0.162. The number of anilines is 3. The van der Waals surface area contributed by atoms with Crippen molar-refractivity contribution in [3.63, 3.8) is 0 Å². The molecule has 1 aromatic heterocycles. The SMILES string of the molecule is CC1(C)c2ccccc2-c2ccc(N(c3ccc(-c4ccc(-c5ccc6cc(-c7ccc8ccccc8c7)ccc6c5)cc4)cc3)c3ccc4sc5ccccc5c4c3)cc21. The van der Waals surface area contributed by atoms with Gasteiger partial charge >= 0.3 is 0 Å². The first kappa shape index (κ1) is 35.7. The summed E-state index contributed by atoms with van der Waals surface area (Å²) in [5.41, 5.74) is 16.1. The standard InChI is InChI=1S/C59H41NS/c1-59(2)55-13-7-5-11-51(55)52-31-29-50(37-56(52)59)60(49-30-32-58-54(36-49)53-12-6-8-14-57(53)61-58)48-27-25-40(26-28-48)39-15-17-41(18-16-39)43-21-22-46-35-47(24-23-45(46)34-43)44-20-19-38-9-3-4-10-42(38)33-44/h3-37H,1-2H3. The lowest BCUT2D eigenvalue weighted by molar-refractivity contribution is 0.660. The van der Waals surface area contributed by atoms with Gasteiger partial charge in [0.25, 0.3) is 0 Å². The highest BCUT2D eigenvalue weighted by molar-refractivity contribution is 7.25. The topological polar surface area (TPSA) is 3.24 Å². The molecule has 1 aliphatic rings. The zero-order valence-corrected chi connectivity index (χ0v) is 34.9. The first-order valence-electron chi connectivity index (χ1n) is 21.1. The van der Waals surface area contributed by atoms with Crippen LogP contribution in [-0.2, 0) is 5.41 Å². The van der Waals surface area contributed by atoms with Gasteiger partial charge in [0, 0.05) is 42.6 Å². The molecule has 2 heteroatoms. The third-order valence-electron chi connectivity index (χ3n) is 13.0. The Morgan fingerprint density at radius 3 is 1.54 bits per heavy atom. The van der Waals surface area contributed by atoms with Crippen molar-refractivity contribution in [1.82, 2.24) is 0 Å². The molecule has 0 saturated carbocycles. The largest absolute Gasteiger partial charge is 0.310 e. The molecule has 0 unspecified atom stereocenters. The molecule has 0 fully saturated rings. The molecule has 1 nitrogen and oxygen atoms in total. The Kier molecular flexibility index (Phi) is 8.13. The highest BCUT2D eigenvalue weighted by Crippen LogP contribution is 2.51. The maximum atomic E-state index is 2.43. The van der Waals surface area contributed by atoms with Gasteiger partial charge in [-0.1, -0.05) is 159 Å². The third-order valence-corrected chi connectivity index (χ3v) is 14.2. The smallest absolute Gasteiger partial charge is 0.0468 e. The number of thiophene rings is 1. The molecule has 1 heterocycles. The summed E-state index contributed by atoms with van der Waals surface area (Å²) in [6, 6.07) is 78.7. The van der Waals surface area contributed by atoms with Crippen LogP contribution in [0.5, 0.6) is 0 Å². The van der Waals surface area contributed by atoms with E-state index in [4.69, 9.17) is 0 Å². The molecule has 0 N–H and O–H groups in total. The maximum absolute atomic E-state index is 2.43. The number of nitrogens with zero attached hydrogens (tertiary/aromatic N) is 1. The molecule has 0 atom stereocenters. The second-order valence-corrected chi connectivity index (χ2v) is 18.1. The van der Waals surface area contributed by atoms with Gasteiger partial charge in [0.05, 0.1) is 0 Å². The van der Waals surface area contributed by atoms with Crippen LogP contribution < -0.4 is 4.90 Å². The number of benzene rings is 10. The van der Waals surface area contributed by atoms with Gasteiger partial charge in [0.2, 0.25) is 0 Å². The monoisotopic (exact) mass is 795 g/mol. The van der Waals surface area contributed by atoms with Crippen LogP contribution in [-0.4, -0.2) is 0 Å². The van der Waals surface area contributed by atoms with Crippen molar-refractivity contribution in [2.75, 3.05) is 4.90 Å². The Bertz CT molecular complexity index is 3500. The van der Waals surface area contributed by atoms with Crippen molar-refractivity contribution in [1.29, 1.82) is 0 Å². The van der Waals surface area contributed by atoms with Crippen molar-refractivity contribution in [2.24, 2.45) is 0 Å². The molecule has 0 radical (unpaired) electrons. The molecule has 12 rings (SSSR count).